The summed E-state index contributed by atoms with van der Waals surface area (Å²) < 4.78 is 37.2. The summed E-state index contributed by atoms with van der Waals surface area (Å²) in [7, 11) is 0. The smallest absolute Gasteiger partial charge is 0.283 e. The van der Waals surface area contributed by atoms with Gasteiger partial charge in [0.25, 0.3) is 5.78 Å². The number of carbonyl (C=O) groups is 1. The van der Waals surface area contributed by atoms with Crippen LogP contribution in [0.5, 0.6) is 0 Å². The van der Waals surface area contributed by atoms with Gasteiger partial charge in [-0.15, -0.1) is 11.3 Å². The highest BCUT2D eigenvalue weighted by atomic mass is 32.1. The molecule has 0 saturated carbocycles. The topological polar surface area (TPSA) is 30.0 Å². The number of rotatable bonds is 3. The second kappa shape index (κ2) is 5.96. The van der Waals surface area contributed by atoms with E-state index in [1.165, 1.54) is 0 Å². The molecule has 1 aromatic heterocycles. The highest BCUT2D eigenvalue weighted by Crippen LogP contribution is 2.31. The molecule has 116 valence electrons. The van der Waals surface area contributed by atoms with Gasteiger partial charge in [-0.25, -0.2) is 4.98 Å². The Labute approximate surface area is 134 Å². The lowest BCUT2D eigenvalue weighted by molar-refractivity contribution is -0.0882. The lowest BCUT2D eigenvalue weighted by Gasteiger charge is -2.03. The molecular formula is C17H10F3NOS. The van der Waals surface area contributed by atoms with Gasteiger partial charge < -0.3 is 0 Å². The first kappa shape index (κ1) is 15.4. The molecule has 3 rings (SSSR count). The lowest BCUT2D eigenvalue weighted by Crippen LogP contribution is -2.21. The van der Waals surface area contributed by atoms with Crippen LogP contribution >= 0.6 is 11.3 Å². The van der Waals surface area contributed by atoms with Crippen molar-refractivity contribution < 1.29 is 18.0 Å². The van der Waals surface area contributed by atoms with Crippen LogP contribution in [0.3, 0.4) is 0 Å². The van der Waals surface area contributed by atoms with Crippen molar-refractivity contribution in [2.24, 2.45) is 0 Å². The van der Waals surface area contributed by atoms with Crippen LogP contribution in [-0.2, 0) is 0 Å². The molecule has 0 aliphatic heterocycles. The number of benzene rings is 2. The van der Waals surface area contributed by atoms with Crippen LogP contribution in [0.25, 0.3) is 21.7 Å². The number of hydrogen-bond donors (Lipinski definition) is 0. The zero-order chi connectivity index (χ0) is 16.4. The summed E-state index contributed by atoms with van der Waals surface area (Å²) in [6.45, 7) is 0. The summed E-state index contributed by atoms with van der Waals surface area (Å²) in [5.74, 6) is -1.86. The molecule has 0 unspecified atom stereocenters. The summed E-state index contributed by atoms with van der Waals surface area (Å²) in [5, 5.41) is 0.386. The fraction of sp³-hybridized carbons (Fsp3) is 0.0588. The van der Waals surface area contributed by atoms with Crippen molar-refractivity contribution >= 4 is 17.1 Å². The average Bonchev–Trinajstić information content (AvgIpc) is 3.04. The summed E-state index contributed by atoms with van der Waals surface area (Å²) in [6, 6.07) is 17.0. The van der Waals surface area contributed by atoms with E-state index in [1.807, 2.05) is 42.5 Å². The molecule has 0 N–H and O–H groups in total. The summed E-state index contributed by atoms with van der Waals surface area (Å²) >= 11 is 0.742. The molecule has 0 bridgehead atoms. The van der Waals surface area contributed by atoms with Gasteiger partial charge in [0, 0.05) is 11.8 Å². The van der Waals surface area contributed by atoms with E-state index in [0.717, 1.165) is 28.7 Å². The number of hydrogen-bond acceptors (Lipinski definition) is 3. The van der Waals surface area contributed by atoms with Crippen LogP contribution in [0.15, 0.2) is 60.8 Å². The molecular weight excluding hydrogens is 323 g/mol. The van der Waals surface area contributed by atoms with Gasteiger partial charge in [-0.2, -0.15) is 13.2 Å². The molecule has 2 nitrogen and oxygen atoms in total. The van der Waals surface area contributed by atoms with Gasteiger partial charge in [0.2, 0.25) is 0 Å². The fourth-order valence-corrected chi connectivity index (χ4v) is 2.97. The maximum Gasteiger partial charge on any atom is 0.455 e. The predicted octanol–water partition coefficient (Wildman–Crippen LogP) is 5.22. The molecule has 6 heteroatoms. The Kier molecular flexibility index (Phi) is 4.00. The van der Waals surface area contributed by atoms with E-state index in [4.69, 9.17) is 0 Å². The fourth-order valence-electron chi connectivity index (χ4n) is 2.09. The van der Waals surface area contributed by atoms with E-state index in [-0.39, 0.29) is 0 Å². The molecule has 0 saturated heterocycles. The molecule has 0 radical (unpaired) electrons. The Hall–Kier alpha value is -2.47. The highest BCUT2D eigenvalue weighted by molar-refractivity contribution is 7.17. The Morgan fingerprint density at radius 3 is 2.04 bits per heavy atom. The molecule has 2 aromatic carbocycles. The third-order valence-electron chi connectivity index (χ3n) is 3.23. The second-order valence-corrected chi connectivity index (χ2v) is 5.83. The van der Waals surface area contributed by atoms with E-state index in [1.54, 1.807) is 12.1 Å². The maximum absolute atomic E-state index is 12.4. The number of carbonyl (C=O) groups excluding carboxylic acids is 1. The third-order valence-corrected chi connectivity index (χ3v) is 4.27. The minimum atomic E-state index is -4.87. The minimum absolute atomic E-state index is 0.386. The third kappa shape index (κ3) is 3.32. The second-order valence-electron chi connectivity index (χ2n) is 4.80. The molecule has 0 aliphatic rings. The van der Waals surface area contributed by atoms with E-state index in [9.17, 15) is 18.0 Å². The lowest BCUT2D eigenvalue weighted by atomic mass is 10.0. The van der Waals surface area contributed by atoms with Crippen molar-refractivity contribution in [1.82, 2.24) is 4.98 Å². The highest BCUT2D eigenvalue weighted by Gasteiger charge is 2.40. The average molecular weight is 333 g/mol. The predicted molar refractivity (Wildman–Crippen MR) is 83.4 cm³/mol. The Bertz CT molecular complexity index is 823. The SMILES string of the molecule is O=C(c1cnc(-c2ccc(-c3ccccc3)cc2)s1)C(F)(F)F. The van der Waals surface area contributed by atoms with Crippen LogP contribution in [0.4, 0.5) is 13.2 Å². The molecule has 1 heterocycles. The van der Waals surface area contributed by atoms with Gasteiger partial charge >= 0.3 is 6.18 Å². The first-order valence-corrected chi connectivity index (χ1v) is 7.50. The van der Waals surface area contributed by atoms with Crippen molar-refractivity contribution in [3.63, 3.8) is 0 Å². The molecule has 0 aliphatic carbocycles. The largest absolute Gasteiger partial charge is 0.455 e. The maximum atomic E-state index is 12.4. The number of thiazole rings is 1. The van der Waals surface area contributed by atoms with Gasteiger partial charge in [0.1, 0.15) is 9.88 Å². The van der Waals surface area contributed by atoms with E-state index >= 15 is 0 Å². The number of Topliss-reactive ketones (excluding diaryl/α,β-unsaturated/α-hetero) is 1. The normalized spacial score (nSPS) is 11.4. The minimum Gasteiger partial charge on any atom is -0.283 e. The number of aromatic nitrogens is 1. The quantitative estimate of drug-likeness (QED) is 0.615. The van der Waals surface area contributed by atoms with Crippen LogP contribution in [-0.4, -0.2) is 16.9 Å². The van der Waals surface area contributed by atoms with Crippen molar-refractivity contribution in [1.29, 1.82) is 0 Å². The molecule has 3 aromatic rings. The van der Waals surface area contributed by atoms with Gasteiger partial charge in [-0.3, -0.25) is 4.79 Å². The van der Waals surface area contributed by atoms with Crippen molar-refractivity contribution in [3.05, 3.63) is 65.7 Å². The summed E-state index contributed by atoms with van der Waals surface area (Å²) in [6.07, 6.45) is -3.90. The van der Waals surface area contributed by atoms with Crippen molar-refractivity contribution in [2.75, 3.05) is 0 Å². The monoisotopic (exact) mass is 333 g/mol. The number of halogens is 3. The Morgan fingerprint density at radius 2 is 1.43 bits per heavy atom. The van der Waals surface area contributed by atoms with Crippen LogP contribution < -0.4 is 0 Å². The van der Waals surface area contributed by atoms with E-state index in [0.29, 0.717) is 10.6 Å². The summed E-state index contributed by atoms with van der Waals surface area (Å²) in [4.78, 5) is 14.7. The van der Waals surface area contributed by atoms with Gasteiger partial charge in [0.05, 0.1) is 0 Å². The Morgan fingerprint density at radius 1 is 0.870 bits per heavy atom. The molecule has 0 amide bonds. The Balaban J connectivity index is 1.86. The van der Waals surface area contributed by atoms with E-state index < -0.39 is 16.8 Å². The number of nitrogens with zero attached hydrogens (tertiary/aromatic N) is 1. The van der Waals surface area contributed by atoms with Crippen LogP contribution in [0.1, 0.15) is 9.67 Å². The standard InChI is InChI=1S/C17H10F3NOS/c18-17(19,20)15(22)14-10-21-16(23-14)13-8-6-12(7-9-13)11-4-2-1-3-5-11/h1-10H. The van der Waals surface area contributed by atoms with Crippen LogP contribution in [0, 0.1) is 0 Å². The summed E-state index contributed by atoms with van der Waals surface area (Å²) in [5.41, 5.74) is 2.72. The van der Waals surface area contributed by atoms with Gasteiger partial charge in [-0.05, 0) is 11.1 Å². The van der Waals surface area contributed by atoms with E-state index in [2.05, 4.69) is 4.98 Å². The first-order valence-electron chi connectivity index (χ1n) is 6.68. The molecule has 23 heavy (non-hydrogen) atoms. The zero-order valence-corrected chi connectivity index (χ0v) is 12.5. The first-order chi connectivity index (χ1) is 10.9. The molecule has 0 atom stereocenters. The number of ketones is 1. The molecule has 0 spiro atoms. The van der Waals surface area contributed by atoms with Crippen molar-refractivity contribution in [2.45, 2.75) is 6.18 Å². The van der Waals surface area contributed by atoms with Gasteiger partial charge in [0.15, 0.2) is 0 Å². The van der Waals surface area contributed by atoms with Crippen LogP contribution in [0.2, 0.25) is 0 Å². The van der Waals surface area contributed by atoms with Crippen molar-refractivity contribution in [3.8, 4) is 21.7 Å². The molecule has 0 fully saturated rings. The zero-order valence-electron chi connectivity index (χ0n) is 11.7. The van der Waals surface area contributed by atoms with Gasteiger partial charge in [-0.1, -0.05) is 54.6 Å². The number of alkyl halides is 3.